The maximum absolute atomic E-state index is 14.6. The molecule has 4 aliphatic heterocycles. The molecule has 0 aliphatic carbocycles. The number of carbonyl (C=O) groups is 3. The number of aromatic nitrogens is 2. The van der Waals surface area contributed by atoms with Gasteiger partial charge in [0.1, 0.15) is 5.75 Å². The zero-order valence-corrected chi connectivity index (χ0v) is 31.4. The number of piperidine rings is 4. The van der Waals surface area contributed by atoms with Gasteiger partial charge in [-0.3, -0.25) is 19.7 Å². The SMILES string of the molecule is O=C1CC[C@H](c2ccc(N3CCC(CNC4CCN(C(=O)C5(c6ccccc6)CCN(c6cnnc(-c7ccccc7O)c6)CC5)CC4)CC3)cc2)C(=O)N1. The molecule has 0 spiro atoms. The molecule has 5 heterocycles. The molecule has 8 rings (SSSR count). The number of phenolic OH excluding ortho intramolecular Hbond substituents is 1. The highest BCUT2D eigenvalue weighted by Gasteiger charge is 2.46. The molecule has 55 heavy (non-hydrogen) atoms. The van der Waals surface area contributed by atoms with Crippen molar-refractivity contribution in [2.75, 3.05) is 55.6 Å². The van der Waals surface area contributed by atoms with E-state index in [2.05, 4.69) is 59.8 Å². The number of phenols is 1. The van der Waals surface area contributed by atoms with Gasteiger partial charge in [-0.05, 0) is 98.9 Å². The average molecular weight is 742 g/mol. The number of nitrogens with one attached hydrogen (secondary N) is 2. The third kappa shape index (κ3) is 7.94. The van der Waals surface area contributed by atoms with Crippen molar-refractivity contribution in [3.63, 3.8) is 0 Å². The molecule has 4 aliphatic rings. The first-order valence-corrected chi connectivity index (χ1v) is 20.0. The molecule has 0 unspecified atom stereocenters. The summed E-state index contributed by atoms with van der Waals surface area (Å²) in [6, 6.07) is 28.2. The molecule has 1 aromatic heterocycles. The Kier molecular flexibility index (Phi) is 10.8. The molecule has 3 N–H and O–H groups in total. The van der Waals surface area contributed by atoms with Crippen LogP contribution in [0.15, 0.2) is 91.1 Å². The van der Waals surface area contributed by atoms with E-state index in [-0.39, 0.29) is 29.4 Å². The maximum Gasteiger partial charge on any atom is 0.234 e. The number of likely N-dealkylation sites (tertiary alicyclic amines) is 1. The number of imide groups is 1. The van der Waals surface area contributed by atoms with Gasteiger partial charge in [0.05, 0.1) is 28.9 Å². The van der Waals surface area contributed by atoms with Crippen LogP contribution in [0.3, 0.4) is 0 Å². The number of nitrogens with zero attached hydrogens (tertiary/aromatic N) is 5. The Labute approximate surface area is 323 Å². The zero-order valence-electron chi connectivity index (χ0n) is 31.4. The third-order valence-electron chi connectivity index (χ3n) is 12.5. The van der Waals surface area contributed by atoms with E-state index >= 15 is 0 Å². The Morgan fingerprint density at radius 2 is 1.49 bits per heavy atom. The number of rotatable bonds is 9. The molecule has 0 saturated carbocycles. The van der Waals surface area contributed by atoms with Gasteiger partial charge in [-0.15, -0.1) is 0 Å². The molecular weight excluding hydrogens is 691 g/mol. The minimum atomic E-state index is -0.571. The second kappa shape index (κ2) is 16.2. The summed E-state index contributed by atoms with van der Waals surface area (Å²) in [5.41, 5.74) is 4.91. The fourth-order valence-corrected chi connectivity index (χ4v) is 9.13. The van der Waals surface area contributed by atoms with Crippen molar-refractivity contribution in [2.45, 2.75) is 68.7 Å². The van der Waals surface area contributed by atoms with Crippen LogP contribution in [0.4, 0.5) is 11.4 Å². The lowest BCUT2D eigenvalue weighted by molar-refractivity contribution is -0.139. The van der Waals surface area contributed by atoms with Crippen LogP contribution in [0.5, 0.6) is 5.75 Å². The summed E-state index contributed by atoms with van der Waals surface area (Å²) in [4.78, 5) is 45.3. The first-order chi connectivity index (χ1) is 26.9. The summed E-state index contributed by atoms with van der Waals surface area (Å²) in [5, 5.41) is 25.3. The second-order valence-electron chi connectivity index (χ2n) is 15.8. The van der Waals surface area contributed by atoms with Crippen LogP contribution in [0.1, 0.15) is 68.4 Å². The van der Waals surface area contributed by atoms with Gasteiger partial charge in [0, 0.05) is 63.0 Å². The third-order valence-corrected chi connectivity index (χ3v) is 12.5. The normalized spacial score (nSPS) is 21.0. The molecule has 11 nitrogen and oxygen atoms in total. The quantitative estimate of drug-likeness (QED) is 0.193. The summed E-state index contributed by atoms with van der Waals surface area (Å²) in [6.07, 6.45) is 8.33. The van der Waals surface area contributed by atoms with Crippen molar-refractivity contribution in [3.8, 4) is 17.0 Å². The van der Waals surface area contributed by atoms with Crippen molar-refractivity contribution in [1.82, 2.24) is 25.7 Å². The number of carbonyl (C=O) groups excluding carboxylic acids is 3. The van der Waals surface area contributed by atoms with Gasteiger partial charge < -0.3 is 25.1 Å². The van der Waals surface area contributed by atoms with Crippen molar-refractivity contribution >= 4 is 29.1 Å². The lowest BCUT2D eigenvalue weighted by Crippen LogP contribution is -2.56. The molecule has 4 aromatic rings. The van der Waals surface area contributed by atoms with Crippen molar-refractivity contribution in [3.05, 3.63) is 102 Å². The summed E-state index contributed by atoms with van der Waals surface area (Å²) in [5.74, 6) is 0.422. The van der Waals surface area contributed by atoms with Crippen LogP contribution < -0.4 is 20.4 Å². The molecule has 3 aromatic carbocycles. The summed E-state index contributed by atoms with van der Waals surface area (Å²) < 4.78 is 0. The number of hydrogen-bond donors (Lipinski definition) is 3. The summed E-state index contributed by atoms with van der Waals surface area (Å²) in [7, 11) is 0. The predicted octanol–water partition coefficient (Wildman–Crippen LogP) is 5.40. The van der Waals surface area contributed by atoms with E-state index in [1.54, 1.807) is 18.3 Å². The van der Waals surface area contributed by atoms with Crippen molar-refractivity contribution < 1.29 is 19.5 Å². The monoisotopic (exact) mass is 741 g/mol. The van der Waals surface area contributed by atoms with Crippen molar-refractivity contribution in [2.24, 2.45) is 5.92 Å². The van der Waals surface area contributed by atoms with E-state index in [0.29, 0.717) is 48.9 Å². The number of hydrogen-bond acceptors (Lipinski definition) is 9. The molecule has 3 amide bonds. The van der Waals surface area contributed by atoms with Gasteiger partial charge >= 0.3 is 0 Å². The summed E-state index contributed by atoms with van der Waals surface area (Å²) >= 11 is 0. The van der Waals surface area contributed by atoms with E-state index < -0.39 is 5.41 Å². The lowest BCUT2D eigenvalue weighted by Gasteiger charge is -2.45. The first-order valence-electron chi connectivity index (χ1n) is 20.0. The zero-order chi connectivity index (χ0) is 37.8. The molecular formula is C44H51N7O4. The van der Waals surface area contributed by atoms with Gasteiger partial charge in [0.2, 0.25) is 17.7 Å². The fourth-order valence-electron chi connectivity index (χ4n) is 9.13. The number of aromatic hydroxyl groups is 1. The fraction of sp³-hybridized carbons (Fsp3) is 0.432. The number of para-hydroxylation sites is 1. The standard InChI is InChI=1S/C44H51N7O4/c52-40-9-5-4-8-38(40)39-28-36(30-46-48-39)50-26-20-44(21-27-50,33-6-2-1-3-7-33)43(55)51-24-18-34(19-25-51)45-29-31-16-22-49(23-17-31)35-12-10-32(11-13-35)37-14-15-41(53)47-42(37)54/h1-13,28,30-31,34,37,45,52H,14-27,29H2,(H,47,53,54)/t37-/m1/s1. The minimum absolute atomic E-state index is 0.176. The minimum Gasteiger partial charge on any atom is -0.507 e. The molecule has 1 atom stereocenters. The van der Waals surface area contributed by atoms with E-state index in [1.165, 1.54) is 5.69 Å². The largest absolute Gasteiger partial charge is 0.507 e. The number of benzene rings is 3. The van der Waals surface area contributed by atoms with E-state index in [0.717, 1.165) is 88.3 Å². The van der Waals surface area contributed by atoms with Gasteiger partial charge in [-0.1, -0.05) is 54.6 Å². The Balaban J connectivity index is 0.824. The second-order valence-corrected chi connectivity index (χ2v) is 15.8. The van der Waals surface area contributed by atoms with Gasteiger partial charge in [-0.25, -0.2) is 0 Å². The van der Waals surface area contributed by atoms with Gasteiger partial charge in [0.15, 0.2) is 0 Å². The molecule has 11 heteroatoms. The van der Waals surface area contributed by atoms with Crippen LogP contribution in [0, 0.1) is 5.92 Å². The predicted molar refractivity (Wildman–Crippen MR) is 213 cm³/mol. The van der Waals surface area contributed by atoms with Crippen molar-refractivity contribution in [1.29, 1.82) is 0 Å². The topological polar surface area (TPSA) is 131 Å². The first kappa shape index (κ1) is 36.7. The van der Waals surface area contributed by atoms with Gasteiger partial charge in [-0.2, -0.15) is 10.2 Å². The van der Waals surface area contributed by atoms with Crippen LogP contribution in [-0.2, 0) is 19.8 Å². The Morgan fingerprint density at radius 1 is 0.800 bits per heavy atom. The molecule has 4 saturated heterocycles. The number of anilines is 2. The van der Waals surface area contributed by atoms with Crippen LogP contribution in [-0.4, -0.2) is 89.8 Å². The highest BCUT2D eigenvalue weighted by molar-refractivity contribution is 6.01. The van der Waals surface area contributed by atoms with E-state index in [1.807, 2.05) is 48.5 Å². The molecule has 4 fully saturated rings. The molecule has 0 bridgehead atoms. The highest BCUT2D eigenvalue weighted by atomic mass is 16.3. The van der Waals surface area contributed by atoms with Crippen LogP contribution in [0.25, 0.3) is 11.3 Å². The highest BCUT2D eigenvalue weighted by Crippen LogP contribution is 2.40. The van der Waals surface area contributed by atoms with Gasteiger partial charge in [0.25, 0.3) is 0 Å². The Morgan fingerprint density at radius 3 is 2.20 bits per heavy atom. The molecule has 286 valence electrons. The average Bonchev–Trinajstić information content (AvgIpc) is 3.24. The summed E-state index contributed by atoms with van der Waals surface area (Å²) in [6.45, 7) is 5.98. The lowest BCUT2D eigenvalue weighted by atomic mass is 9.71. The smallest absolute Gasteiger partial charge is 0.234 e. The Hall–Kier alpha value is -5.29. The van der Waals surface area contributed by atoms with E-state index in [4.69, 9.17) is 0 Å². The number of amides is 3. The van der Waals surface area contributed by atoms with E-state index in [9.17, 15) is 19.5 Å². The van der Waals surface area contributed by atoms with Crippen LogP contribution in [0.2, 0.25) is 0 Å². The molecule has 0 radical (unpaired) electrons. The maximum atomic E-state index is 14.6. The Bertz CT molecular complexity index is 1970. The van der Waals surface area contributed by atoms with Crippen LogP contribution >= 0.6 is 0 Å².